The van der Waals surface area contributed by atoms with Crippen LogP contribution in [0.2, 0.25) is 0 Å². The number of benzene rings is 1. The van der Waals surface area contributed by atoms with Crippen molar-refractivity contribution in [2.75, 3.05) is 5.32 Å². The van der Waals surface area contributed by atoms with E-state index in [0.717, 1.165) is 6.42 Å². The van der Waals surface area contributed by atoms with Crippen molar-refractivity contribution in [3.63, 3.8) is 0 Å². The molecule has 0 saturated heterocycles. The van der Waals surface area contributed by atoms with Crippen LogP contribution in [0.1, 0.15) is 44.2 Å². The van der Waals surface area contributed by atoms with Crippen molar-refractivity contribution < 1.29 is 9.53 Å². The first-order chi connectivity index (χ1) is 14.2. The predicted molar refractivity (Wildman–Crippen MR) is 112 cm³/mol. The molecule has 3 aromatic rings. The number of aromatic nitrogens is 2. The number of amides is 1. The van der Waals surface area contributed by atoms with Crippen LogP contribution in [0.4, 0.5) is 5.69 Å². The van der Waals surface area contributed by atoms with Gasteiger partial charge in [-0.05, 0) is 36.6 Å². The number of nitrogens with zero attached hydrogens (tertiary/aromatic N) is 2. The normalized spacial score (nSPS) is 14.2. The van der Waals surface area contributed by atoms with Gasteiger partial charge in [0.2, 0.25) is 5.91 Å². The van der Waals surface area contributed by atoms with Gasteiger partial charge in [-0.25, -0.2) is 4.98 Å². The Hall–Kier alpha value is -3.15. The number of pyridine rings is 1. The van der Waals surface area contributed by atoms with Crippen LogP contribution in [0.15, 0.2) is 59.5 Å². The Balaban J connectivity index is 1.35. The van der Waals surface area contributed by atoms with Crippen LogP contribution in [0.3, 0.4) is 0 Å². The average molecular weight is 391 g/mol. The molecular weight excluding hydrogens is 366 g/mol. The number of nitrogens with one attached hydrogen (secondary N) is 1. The highest BCUT2D eigenvalue weighted by molar-refractivity contribution is 5.90. The van der Waals surface area contributed by atoms with Crippen LogP contribution in [-0.2, 0) is 11.4 Å². The van der Waals surface area contributed by atoms with Gasteiger partial charge >= 0.3 is 0 Å². The Morgan fingerprint density at radius 1 is 1.14 bits per heavy atom. The van der Waals surface area contributed by atoms with Crippen molar-refractivity contribution in [3.8, 4) is 5.75 Å². The summed E-state index contributed by atoms with van der Waals surface area (Å²) in [5.74, 6) is 1.36. The van der Waals surface area contributed by atoms with E-state index in [4.69, 9.17) is 4.74 Å². The lowest BCUT2D eigenvalue weighted by Gasteiger charge is -2.11. The summed E-state index contributed by atoms with van der Waals surface area (Å²) in [6.07, 6.45) is 8.31. The maximum absolute atomic E-state index is 12.2. The molecule has 0 spiro atoms. The molecule has 0 atom stereocenters. The quantitative estimate of drug-likeness (QED) is 0.656. The first-order valence-electron chi connectivity index (χ1n) is 10.2. The highest BCUT2D eigenvalue weighted by Crippen LogP contribution is 2.28. The molecule has 0 aliphatic heterocycles. The molecule has 1 amide bonds. The molecule has 0 radical (unpaired) electrons. The van der Waals surface area contributed by atoms with E-state index in [0.29, 0.717) is 35.1 Å². The molecule has 1 aliphatic carbocycles. The van der Waals surface area contributed by atoms with Crippen molar-refractivity contribution in [2.24, 2.45) is 5.92 Å². The lowest BCUT2D eigenvalue weighted by atomic mass is 10.0. The summed E-state index contributed by atoms with van der Waals surface area (Å²) < 4.78 is 7.29. The number of hydrogen-bond acceptors (Lipinski definition) is 4. The summed E-state index contributed by atoms with van der Waals surface area (Å²) in [5.41, 5.74) is 1.72. The SMILES string of the molecule is O=C(CCC1CCCC1)Nc1cccc(OCc2cc(=O)n3ccccc3n2)c1. The summed E-state index contributed by atoms with van der Waals surface area (Å²) in [5, 5.41) is 2.95. The van der Waals surface area contributed by atoms with E-state index in [1.165, 1.54) is 36.2 Å². The minimum absolute atomic E-state index is 0.0401. The van der Waals surface area contributed by atoms with Crippen molar-refractivity contribution >= 4 is 17.2 Å². The molecule has 2 heterocycles. The van der Waals surface area contributed by atoms with Crippen molar-refractivity contribution in [3.05, 3.63) is 70.8 Å². The standard InChI is InChI=1S/C23H25N3O3/c27-22(12-11-17-6-1-2-7-17)25-18-8-5-9-20(14-18)29-16-19-15-23(28)26-13-4-3-10-21(26)24-19/h3-5,8-10,13-15,17H,1-2,6-7,11-12,16H2,(H,25,27). The van der Waals surface area contributed by atoms with Gasteiger partial charge in [-0.1, -0.05) is 37.8 Å². The second-order valence-electron chi connectivity index (χ2n) is 7.57. The second kappa shape index (κ2) is 8.90. The molecule has 150 valence electrons. The Kier molecular flexibility index (Phi) is 5.89. The Labute approximate surface area is 169 Å². The van der Waals surface area contributed by atoms with E-state index in [-0.39, 0.29) is 18.1 Å². The van der Waals surface area contributed by atoms with E-state index in [1.54, 1.807) is 24.4 Å². The minimum Gasteiger partial charge on any atom is -0.487 e. The molecule has 0 unspecified atom stereocenters. The topological polar surface area (TPSA) is 72.7 Å². The zero-order valence-electron chi connectivity index (χ0n) is 16.3. The van der Waals surface area contributed by atoms with Gasteiger partial charge in [0.25, 0.3) is 5.56 Å². The molecule has 1 fully saturated rings. The van der Waals surface area contributed by atoms with Crippen LogP contribution >= 0.6 is 0 Å². The van der Waals surface area contributed by atoms with E-state index < -0.39 is 0 Å². The summed E-state index contributed by atoms with van der Waals surface area (Å²) in [4.78, 5) is 28.8. The van der Waals surface area contributed by atoms with Gasteiger partial charge in [-0.3, -0.25) is 14.0 Å². The lowest BCUT2D eigenvalue weighted by Crippen LogP contribution is -2.16. The summed E-state index contributed by atoms with van der Waals surface area (Å²) in [6.45, 7) is 0.180. The van der Waals surface area contributed by atoms with Gasteiger partial charge in [-0.2, -0.15) is 0 Å². The van der Waals surface area contributed by atoms with Gasteiger partial charge in [0.05, 0.1) is 5.69 Å². The first kappa shape index (κ1) is 19.2. The average Bonchev–Trinajstić information content (AvgIpc) is 3.25. The fourth-order valence-electron chi connectivity index (χ4n) is 3.86. The van der Waals surface area contributed by atoms with Gasteiger partial charge in [0, 0.05) is 30.4 Å². The zero-order valence-corrected chi connectivity index (χ0v) is 16.3. The fraction of sp³-hybridized carbons (Fsp3) is 0.348. The molecule has 0 bridgehead atoms. The van der Waals surface area contributed by atoms with Crippen LogP contribution < -0.4 is 15.6 Å². The molecule has 6 heteroatoms. The summed E-state index contributed by atoms with van der Waals surface area (Å²) in [6, 6.07) is 14.2. The molecule has 1 saturated carbocycles. The largest absolute Gasteiger partial charge is 0.487 e. The highest BCUT2D eigenvalue weighted by atomic mass is 16.5. The van der Waals surface area contributed by atoms with Crippen LogP contribution in [-0.4, -0.2) is 15.3 Å². The Morgan fingerprint density at radius 3 is 2.86 bits per heavy atom. The Morgan fingerprint density at radius 2 is 2.00 bits per heavy atom. The number of fused-ring (bicyclic) bond motifs is 1. The van der Waals surface area contributed by atoms with Gasteiger partial charge in [-0.15, -0.1) is 0 Å². The lowest BCUT2D eigenvalue weighted by molar-refractivity contribution is -0.116. The molecule has 1 aliphatic rings. The highest BCUT2D eigenvalue weighted by Gasteiger charge is 2.16. The second-order valence-corrected chi connectivity index (χ2v) is 7.57. The number of anilines is 1. The Bertz CT molecular complexity index is 1050. The molecule has 6 nitrogen and oxygen atoms in total. The van der Waals surface area contributed by atoms with E-state index in [9.17, 15) is 9.59 Å². The number of hydrogen-bond donors (Lipinski definition) is 1. The monoisotopic (exact) mass is 391 g/mol. The molecule has 1 N–H and O–H groups in total. The van der Waals surface area contributed by atoms with Gasteiger partial charge in [0.15, 0.2) is 0 Å². The number of rotatable bonds is 7. The molecule has 2 aromatic heterocycles. The summed E-state index contributed by atoms with van der Waals surface area (Å²) >= 11 is 0. The third kappa shape index (κ3) is 5.02. The van der Waals surface area contributed by atoms with E-state index >= 15 is 0 Å². The molecule has 1 aromatic carbocycles. The van der Waals surface area contributed by atoms with Gasteiger partial charge < -0.3 is 10.1 Å². The van der Waals surface area contributed by atoms with Crippen LogP contribution in [0, 0.1) is 5.92 Å². The number of carbonyl (C=O) groups excluding carboxylic acids is 1. The predicted octanol–water partition coefficient (Wildman–Crippen LogP) is 4.18. The van der Waals surface area contributed by atoms with E-state index in [1.807, 2.05) is 24.3 Å². The van der Waals surface area contributed by atoms with Crippen LogP contribution in [0.25, 0.3) is 5.65 Å². The summed E-state index contributed by atoms with van der Waals surface area (Å²) in [7, 11) is 0. The zero-order chi connectivity index (χ0) is 20.1. The van der Waals surface area contributed by atoms with E-state index in [2.05, 4.69) is 10.3 Å². The number of carbonyl (C=O) groups is 1. The maximum atomic E-state index is 12.2. The van der Waals surface area contributed by atoms with Crippen molar-refractivity contribution in [1.29, 1.82) is 0 Å². The third-order valence-electron chi connectivity index (χ3n) is 5.38. The molecule has 4 rings (SSSR count). The fourth-order valence-corrected chi connectivity index (χ4v) is 3.86. The third-order valence-corrected chi connectivity index (χ3v) is 5.38. The molecular formula is C23H25N3O3. The smallest absolute Gasteiger partial charge is 0.258 e. The maximum Gasteiger partial charge on any atom is 0.258 e. The number of ether oxygens (including phenoxy) is 1. The first-order valence-corrected chi connectivity index (χ1v) is 10.2. The van der Waals surface area contributed by atoms with Crippen molar-refractivity contribution in [2.45, 2.75) is 45.1 Å². The van der Waals surface area contributed by atoms with Crippen molar-refractivity contribution in [1.82, 2.24) is 9.38 Å². The minimum atomic E-state index is -0.141. The van der Waals surface area contributed by atoms with Crippen LogP contribution in [0.5, 0.6) is 5.75 Å². The van der Waals surface area contributed by atoms with Gasteiger partial charge in [0.1, 0.15) is 18.0 Å². The molecule has 29 heavy (non-hydrogen) atoms.